The number of hydrogen-bond acceptors (Lipinski definition) is 4. The number of para-hydroxylation sites is 4. The fraction of sp³-hybridized carbons (Fsp3) is 0. The van der Waals surface area contributed by atoms with E-state index in [4.69, 9.17) is 8.83 Å². The Morgan fingerprint density at radius 1 is 0.327 bits per heavy atom. The summed E-state index contributed by atoms with van der Waals surface area (Å²) >= 11 is 0. The zero-order valence-electron chi connectivity index (χ0n) is 29.1. The van der Waals surface area contributed by atoms with Crippen molar-refractivity contribution in [3.8, 4) is 11.4 Å². The fourth-order valence-electron chi connectivity index (χ4n) is 8.64. The Morgan fingerprint density at radius 2 is 0.709 bits per heavy atom. The quantitative estimate of drug-likeness (QED) is 0.181. The van der Waals surface area contributed by atoms with Gasteiger partial charge in [-0.05, 0) is 97.1 Å². The molecule has 12 aromatic rings. The first-order valence-corrected chi connectivity index (χ1v) is 19.6. The Balaban J connectivity index is 1.01. The number of sulfone groups is 1. The van der Waals surface area contributed by atoms with Gasteiger partial charge in [0.25, 0.3) is 0 Å². The summed E-state index contributed by atoms with van der Waals surface area (Å²) in [4.78, 5) is 0.499. The highest BCUT2D eigenvalue weighted by Gasteiger charge is 2.23. The van der Waals surface area contributed by atoms with E-state index in [1.165, 1.54) is 0 Å². The molecule has 0 N–H and O–H groups in total. The van der Waals surface area contributed by atoms with E-state index >= 15 is 0 Å². The Hall–Kier alpha value is -7.09. The van der Waals surface area contributed by atoms with E-state index in [9.17, 15) is 8.42 Å². The Kier molecular flexibility index (Phi) is 6.06. The van der Waals surface area contributed by atoms with E-state index in [1.807, 2.05) is 97.1 Å². The molecule has 0 unspecified atom stereocenters. The third-order valence-electron chi connectivity index (χ3n) is 11.1. The second kappa shape index (κ2) is 11.0. The monoisotopic (exact) mass is 728 g/mol. The highest BCUT2D eigenvalue weighted by molar-refractivity contribution is 7.91. The van der Waals surface area contributed by atoms with Crippen LogP contribution < -0.4 is 0 Å². The third-order valence-corrected chi connectivity index (χ3v) is 12.9. The van der Waals surface area contributed by atoms with E-state index in [2.05, 4.69) is 69.8 Å². The standard InChI is InChI=1S/C48H28N2O4S/c51-55(52,31-19-21-43-37(27-31)33-9-1-5-13-41(33)49(43)29-17-23-47-39(25-29)35-11-3-7-15-45(35)53-47)32-20-22-44-38(28-32)34-10-2-6-14-42(34)50(44)30-18-24-48-40(26-30)36-12-4-8-16-46(36)54-48/h1-28H. The highest BCUT2D eigenvalue weighted by Crippen LogP contribution is 2.40. The molecule has 0 saturated carbocycles. The van der Waals surface area contributed by atoms with E-state index in [-0.39, 0.29) is 9.79 Å². The van der Waals surface area contributed by atoms with Crippen LogP contribution in [0.2, 0.25) is 0 Å². The smallest absolute Gasteiger partial charge is 0.206 e. The minimum Gasteiger partial charge on any atom is -0.456 e. The summed E-state index contributed by atoms with van der Waals surface area (Å²) in [6.45, 7) is 0. The predicted octanol–water partition coefficient (Wildman–Crippen LogP) is 12.5. The van der Waals surface area contributed by atoms with Gasteiger partial charge in [0.1, 0.15) is 22.3 Å². The Labute approximate surface area is 313 Å². The van der Waals surface area contributed by atoms with Crippen molar-refractivity contribution in [1.82, 2.24) is 9.13 Å². The summed E-state index contributed by atoms with van der Waals surface area (Å²) in [5.74, 6) is 0. The van der Waals surface area contributed by atoms with Gasteiger partial charge in [0, 0.05) is 54.5 Å². The van der Waals surface area contributed by atoms with Crippen molar-refractivity contribution in [3.63, 3.8) is 0 Å². The minimum absolute atomic E-state index is 0.250. The van der Waals surface area contributed by atoms with Crippen LogP contribution in [0, 0.1) is 0 Å². The molecule has 7 heteroatoms. The molecule has 0 aliphatic rings. The summed E-state index contributed by atoms with van der Waals surface area (Å²) in [5, 5.41) is 7.88. The largest absolute Gasteiger partial charge is 0.456 e. The van der Waals surface area contributed by atoms with Crippen molar-refractivity contribution in [2.45, 2.75) is 9.79 Å². The molecule has 0 radical (unpaired) electrons. The van der Waals surface area contributed by atoms with Crippen LogP contribution in [0.4, 0.5) is 0 Å². The van der Waals surface area contributed by atoms with Crippen molar-refractivity contribution in [3.05, 3.63) is 170 Å². The maximum Gasteiger partial charge on any atom is 0.206 e. The molecule has 4 aromatic heterocycles. The highest BCUT2D eigenvalue weighted by atomic mass is 32.2. The maximum atomic E-state index is 14.6. The van der Waals surface area contributed by atoms with Crippen molar-refractivity contribution in [1.29, 1.82) is 0 Å². The molecule has 0 atom stereocenters. The molecule has 0 spiro atoms. The number of aromatic nitrogens is 2. The zero-order valence-corrected chi connectivity index (χ0v) is 29.9. The lowest BCUT2D eigenvalue weighted by Crippen LogP contribution is -2.02. The molecule has 8 aromatic carbocycles. The van der Waals surface area contributed by atoms with E-state index in [1.54, 1.807) is 12.1 Å². The predicted molar refractivity (Wildman–Crippen MR) is 222 cm³/mol. The molecule has 6 nitrogen and oxygen atoms in total. The van der Waals surface area contributed by atoms with Crippen molar-refractivity contribution >= 4 is 97.3 Å². The van der Waals surface area contributed by atoms with Crippen molar-refractivity contribution < 1.29 is 17.3 Å². The van der Waals surface area contributed by atoms with Gasteiger partial charge in [0.05, 0.1) is 31.9 Å². The lowest BCUT2D eigenvalue weighted by atomic mass is 10.1. The molecule has 0 bridgehead atoms. The van der Waals surface area contributed by atoms with E-state index in [0.717, 1.165) is 98.9 Å². The van der Waals surface area contributed by atoms with Crippen LogP contribution in [0.1, 0.15) is 0 Å². The number of hydrogen-bond donors (Lipinski definition) is 0. The van der Waals surface area contributed by atoms with Gasteiger partial charge in [0.15, 0.2) is 0 Å². The summed E-state index contributed by atoms with van der Waals surface area (Å²) < 4.78 is 45.8. The van der Waals surface area contributed by atoms with Gasteiger partial charge >= 0.3 is 0 Å². The maximum absolute atomic E-state index is 14.6. The molecule has 55 heavy (non-hydrogen) atoms. The molecule has 0 fully saturated rings. The Bertz CT molecular complexity index is 3460. The molecule has 0 saturated heterocycles. The number of nitrogens with zero attached hydrogens (tertiary/aromatic N) is 2. The van der Waals surface area contributed by atoms with Crippen LogP contribution in [0.15, 0.2) is 188 Å². The SMILES string of the molecule is O=S(=O)(c1ccc2c(c1)c1ccccc1n2-c1ccc2oc3ccccc3c2c1)c1ccc2c(c1)c1ccccc1n2-c1ccc2oc3ccccc3c2c1. The molecule has 4 heterocycles. The molecule has 0 amide bonds. The van der Waals surface area contributed by atoms with E-state index in [0.29, 0.717) is 0 Å². The molecular formula is C48H28N2O4S. The van der Waals surface area contributed by atoms with Gasteiger partial charge in [-0.2, -0.15) is 0 Å². The summed E-state index contributed by atoms with van der Waals surface area (Å²) in [6, 6.07) is 55.8. The van der Waals surface area contributed by atoms with Gasteiger partial charge in [-0.25, -0.2) is 8.42 Å². The number of benzene rings is 8. The number of rotatable bonds is 4. The molecule has 0 aliphatic heterocycles. The van der Waals surface area contributed by atoms with Gasteiger partial charge < -0.3 is 18.0 Å². The van der Waals surface area contributed by atoms with Gasteiger partial charge in [0.2, 0.25) is 9.84 Å². The molecular weight excluding hydrogens is 701 g/mol. The first kappa shape index (κ1) is 30.4. The van der Waals surface area contributed by atoms with Crippen LogP contribution in [-0.2, 0) is 9.84 Å². The zero-order chi connectivity index (χ0) is 36.4. The summed E-state index contributed by atoms with van der Waals surface area (Å²) in [7, 11) is -3.90. The molecule has 260 valence electrons. The number of fused-ring (bicyclic) bond motifs is 12. The van der Waals surface area contributed by atoms with Crippen LogP contribution in [-0.4, -0.2) is 17.6 Å². The minimum atomic E-state index is -3.90. The Morgan fingerprint density at radius 3 is 1.18 bits per heavy atom. The average Bonchev–Trinajstić information content (AvgIpc) is 3.97. The second-order valence-electron chi connectivity index (χ2n) is 14.1. The molecule has 12 rings (SSSR count). The summed E-state index contributed by atoms with van der Waals surface area (Å²) in [5.41, 5.74) is 9.13. The van der Waals surface area contributed by atoms with Gasteiger partial charge in [-0.1, -0.05) is 72.8 Å². The van der Waals surface area contributed by atoms with Gasteiger partial charge in [-0.3, -0.25) is 0 Å². The van der Waals surface area contributed by atoms with E-state index < -0.39 is 9.84 Å². The first-order valence-electron chi connectivity index (χ1n) is 18.2. The van der Waals surface area contributed by atoms with Gasteiger partial charge in [-0.15, -0.1) is 0 Å². The summed E-state index contributed by atoms with van der Waals surface area (Å²) in [6.07, 6.45) is 0. The van der Waals surface area contributed by atoms with Crippen LogP contribution in [0.25, 0.3) is 98.9 Å². The second-order valence-corrected chi connectivity index (χ2v) is 16.1. The van der Waals surface area contributed by atoms with Crippen LogP contribution in [0.5, 0.6) is 0 Å². The van der Waals surface area contributed by atoms with Crippen LogP contribution >= 0.6 is 0 Å². The first-order chi connectivity index (χ1) is 27.0. The van der Waals surface area contributed by atoms with Crippen LogP contribution in [0.3, 0.4) is 0 Å². The topological polar surface area (TPSA) is 70.3 Å². The average molecular weight is 729 g/mol. The third kappa shape index (κ3) is 4.27. The van der Waals surface area contributed by atoms with Crippen molar-refractivity contribution in [2.24, 2.45) is 0 Å². The lowest BCUT2D eigenvalue weighted by Gasteiger charge is -2.10. The molecule has 0 aliphatic carbocycles. The lowest BCUT2D eigenvalue weighted by molar-refractivity contribution is 0.596. The van der Waals surface area contributed by atoms with Crippen molar-refractivity contribution in [2.75, 3.05) is 0 Å². The number of furan rings is 2. The normalized spacial score (nSPS) is 12.5. The fourth-order valence-corrected chi connectivity index (χ4v) is 9.95.